The number of aromatic nitrogens is 1. The van der Waals surface area contributed by atoms with Gasteiger partial charge in [-0.1, -0.05) is 72.0 Å². The van der Waals surface area contributed by atoms with E-state index in [-0.39, 0.29) is 17.7 Å². The molecule has 0 radical (unpaired) electrons. The third-order valence-electron chi connectivity index (χ3n) is 7.72. The van der Waals surface area contributed by atoms with E-state index in [1.54, 1.807) is 43.7 Å². The maximum absolute atomic E-state index is 14.2. The number of hydrogen-bond acceptors (Lipinski definition) is 8. The van der Waals surface area contributed by atoms with Crippen LogP contribution in [0.15, 0.2) is 106 Å². The van der Waals surface area contributed by atoms with Crippen molar-refractivity contribution in [3.8, 4) is 17.2 Å². The summed E-state index contributed by atoms with van der Waals surface area (Å²) >= 11 is 1.25. The average molecular weight is 621 g/mol. The van der Waals surface area contributed by atoms with E-state index in [1.807, 2.05) is 48.5 Å². The van der Waals surface area contributed by atoms with E-state index in [9.17, 15) is 9.59 Å². The fourth-order valence-electron chi connectivity index (χ4n) is 5.58. The summed E-state index contributed by atoms with van der Waals surface area (Å²) in [7, 11) is 3.10. The minimum atomic E-state index is -0.818. The molecule has 0 bridgehead atoms. The number of thiazole rings is 1. The summed E-state index contributed by atoms with van der Waals surface area (Å²) in [5.41, 5.74) is 2.89. The molecule has 0 N–H and O–H groups in total. The number of fused-ring (bicyclic) bond motifs is 2. The van der Waals surface area contributed by atoms with Gasteiger partial charge in [0.15, 0.2) is 4.80 Å². The van der Waals surface area contributed by atoms with Crippen molar-refractivity contribution in [3.63, 3.8) is 0 Å². The molecule has 6 rings (SSSR count). The van der Waals surface area contributed by atoms with Crippen molar-refractivity contribution in [1.29, 1.82) is 0 Å². The lowest BCUT2D eigenvalue weighted by Crippen LogP contribution is -2.40. The monoisotopic (exact) mass is 620 g/mol. The summed E-state index contributed by atoms with van der Waals surface area (Å²) in [5, 5.41) is 2.28. The summed E-state index contributed by atoms with van der Waals surface area (Å²) in [6.07, 6.45) is 1.81. The normalized spacial score (nSPS) is 14.6. The van der Waals surface area contributed by atoms with Crippen LogP contribution in [0.3, 0.4) is 0 Å². The first kappa shape index (κ1) is 29.9. The Morgan fingerprint density at radius 1 is 0.956 bits per heavy atom. The lowest BCUT2D eigenvalue weighted by Gasteiger charge is -2.26. The van der Waals surface area contributed by atoms with E-state index in [1.165, 1.54) is 18.4 Å². The molecule has 5 aromatic rings. The van der Waals surface area contributed by atoms with Gasteiger partial charge in [-0.15, -0.1) is 0 Å². The highest BCUT2D eigenvalue weighted by Crippen LogP contribution is 2.37. The molecule has 1 atom stereocenters. The van der Waals surface area contributed by atoms with Crippen LogP contribution in [0.2, 0.25) is 0 Å². The third kappa shape index (κ3) is 5.74. The number of esters is 1. The molecule has 0 unspecified atom stereocenters. The highest BCUT2D eigenvalue weighted by molar-refractivity contribution is 7.07. The summed E-state index contributed by atoms with van der Waals surface area (Å²) < 4.78 is 24.8. The van der Waals surface area contributed by atoms with Crippen LogP contribution in [0.4, 0.5) is 0 Å². The number of ether oxygens (including phenoxy) is 4. The Morgan fingerprint density at radius 2 is 1.73 bits per heavy atom. The highest BCUT2D eigenvalue weighted by atomic mass is 32.1. The van der Waals surface area contributed by atoms with E-state index in [0.717, 1.165) is 21.9 Å². The van der Waals surface area contributed by atoms with Crippen LogP contribution in [0, 0.1) is 0 Å². The first-order chi connectivity index (χ1) is 21.9. The molecule has 0 spiro atoms. The number of methoxy groups -OCH3 is 2. The predicted molar refractivity (Wildman–Crippen MR) is 175 cm³/mol. The van der Waals surface area contributed by atoms with Gasteiger partial charge in [-0.05, 0) is 54.5 Å². The summed E-state index contributed by atoms with van der Waals surface area (Å²) in [6.45, 7) is 4.05. The minimum absolute atomic E-state index is 0.183. The lowest BCUT2D eigenvalue weighted by molar-refractivity contribution is -0.139. The van der Waals surface area contributed by atoms with Crippen molar-refractivity contribution in [2.75, 3.05) is 20.8 Å². The SMILES string of the molecule is CCOC(=O)C1=C(C)N=c2s/c(=C\c3ccccc3OCc3cccc4ccccc34)c(=O)n2[C@H]1c1ccc(OC)cc1OC. The van der Waals surface area contributed by atoms with Crippen LogP contribution in [0.5, 0.6) is 17.2 Å². The zero-order chi connectivity index (χ0) is 31.5. The van der Waals surface area contributed by atoms with Gasteiger partial charge in [0.25, 0.3) is 5.56 Å². The first-order valence-corrected chi connectivity index (χ1v) is 15.3. The molecule has 1 aliphatic rings. The van der Waals surface area contributed by atoms with Gasteiger partial charge in [0.1, 0.15) is 29.9 Å². The second-order valence-electron chi connectivity index (χ2n) is 10.4. The van der Waals surface area contributed by atoms with Crippen molar-refractivity contribution < 1.29 is 23.7 Å². The topological polar surface area (TPSA) is 88.4 Å². The molecule has 9 heteroatoms. The zero-order valence-corrected chi connectivity index (χ0v) is 26.2. The highest BCUT2D eigenvalue weighted by Gasteiger charge is 2.35. The Bertz CT molecular complexity index is 2120. The van der Waals surface area contributed by atoms with Crippen LogP contribution >= 0.6 is 11.3 Å². The summed E-state index contributed by atoms with van der Waals surface area (Å²) in [5.74, 6) is 1.16. The van der Waals surface area contributed by atoms with E-state index in [4.69, 9.17) is 18.9 Å². The molecule has 4 aromatic carbocycles. The molecule has 2 heterocycles. The molecule has 8 nitrogen and oxygen atoms in total. The zero-order valence-electron chi connectivity index (χ0n) is 25.4. The van der Waals surface area contributed by atoms with Gasteiger partial charge >= 0.3 is 5.97 Å². The largest absolute Gasteiger partial charge is 0.497 e. The quantitative estimate of drug-likeness (QED) is 0.201. The molecule has 0 saturated carbocycles. The van der Waals surface area contributed by atoms with Crippen molar-refractivity contribution >= 4 is 34.2 Å². The summed E-state index contributed by atoms with van der Waals surface area (Å²) in [4.78, 5) is 32.7. The fraction of sp³-hybridized carbons (Fsp3) is 0.194. The Labute approximate surface area is 264 Å². The van der Waals surface area contributed by atoms with Gasteiger partial charge in [0.2, 0.25) is 0 Å². The maximum Gasteiger partial charge on any atom is 0.338 e. The van der Waals surface area contributed by atoms with Gasteiger partial charge in [-0.3, -0.25) is 9.36 Å². The number of nitrogens with zero attached hydrogens (tertiary/aromatic N) is 2. The second-order valence-corrected chi connectivity index (χ2v) is 11.4. The molecule has 228 valence electrons. The average Bonchev–Trinajstić information content (AvgIpc) is 3.37. The molecule has 0 amide bonds. The Balaban J connectivity index is 1.45. The lowest BCUT2D eigenvalue weighted by atomic mass is 9.95. The van der Waals surface area contributed by atoms with E-state index < -0.39 is 12.0 Å². The molecule has 1 aromatic heterocycles. The van der Waals surface area contributed by atoms with E-state index in [0.29, 0.717) is 44.4 Å². The van der Waals surface area contributed by atoms with Gasteiger partial charge in [0, 0.05) is 17.2 Å². The molecule has 0 saturated heterocycles. The predicted octanol–water partition coefficient (Wildman–Crippen LogP) is 5.55. The maximum atomic E-state index is 14.2. The standard InChI is InChI=1S/C36H32N2O6S/c1-5-43-35(40)32-22(2)37-36-38(33(32)28-18-17-26(41-3)20-30(28)42-4)34(39)31(45-36)19-24-12-7-9-16-29(24)44-21-25-14-10-13-23-11-6-8-15-27(23)25/h6-20,33H,5,21H2,1-4H3/b31-19-/t33-/m0/s1. The number of allylic oxidation sites excluding steroid dienone is 1. The van der Waals surface area contributed by atoms with Gasteiger partial charge in [-0.2, -0.15) is 0 Å². The Morgan fingerprint density at radius 3 is 2.53 bits per heavy atom. The van der Waals surface area contributed by atoms with Crippen LogP contribution < -0.4 is 29.1 Å². The fourth-order valence-corrected chi connectivity index (χ4v) is 6.61. The third-order valence-corrected chi connectivity index (χ3v) is 8.70. The number of benzene rings is 4. The molecule has 1 aliphatic heterocycles. The van der Waals surface area contributed by atoms with Gasteiger partial charge in [0.05, 0.1) is 36.6 Å². The second kappa shape index (κ2) is 12.8. The first-order valence-electron chi connectivity index (χ1n) is 14.5. The van der Waals surface area contributed by atoms with Crippen molar-refractivity contribution in [1.82, 2.24) is 4.57 Å². The number of carbonyl (C=O) groups is 1. The van der Waals surface area contributed by atoms with Crippen LogP contribution in [-0.2, 0) is 16.1 Å². The van der Waals surface area contributed by atoms with Crippen LogP contribution in [0.1, 0.15) is 36.6 Å². The minimum Gasteiger partial charge on any atom is -0.497 e. The Kier molecular flexibility index (Phi) is 8.53. The smallest absolute Gasteiger partial charge is 0.338 e. The van der Waals surface area contributed by atoms with Gasteiger partial charge in [-0.25, -0.2) is 9.79 Å². The van der Waals surface area contributed by atoms with E-state index in [2.05, 4.69) is 29.3 Å². The number of carbonyl (C=O) groups excluding carboxylic acids is 1. The number of rotatable bonds is 9. The summed E-state index contributed by atoms with van der Waals surface area (Å²) in [6, 6.07) is 26.5. The van der Waals surface area contributed by atoms with E-state index >= 15 is 0 Å². The molecular weight excluding hydrogens is 588 g/mol. The number of para-hydroxylation sites is 1. The van der Waals surface area contributed by atoms with Gasteiger partial charge < -0.3 is 18.9 Å². The molecular formula is C36H32N2O6S. The van der Waals surface area contributed by atoms with Crippen molar-refractivity contribution in [2.45, 2.75) is 26.5 Å². The molecule has 0 aliphatic carbocycles. The van der Waals surface area contributed by atoms with Crippen LogP contribution in [0.25, 0.3) is 16.8 Å². The van der Waals surface area contributed by atoms with Crippen molar-refractivity contribution in [3.05, 3.63) is 133 Å². The molecule has 0 fully saturated rings. The van der Waals surface area contributed by atoms with Crippen LogP contribution in [-0.4, -0.2) is 31.4 Å². The number of hydrogen-bond donors (Lipinski definition) is 0. The Hall–Kier alpha value is -5.15. The molecule has 45 heavy (non-hydrogen) atoms. The van der Waals surface area contributed by atoms with Crippen molar-refractivity contribution in [2.24, 2.45) is 4.99 Å².